The Morgan fingerprint density at radius 1 is 1.18 bits per heavy atom. The molecule has 4 rings (SSSR count). The fourth-order valence-electron chi connectivity index (χ4n) is 4.49. The van der Waals surface area contributed by atoms with Crippen molar-refractivity contribution in [1.29, 1.82) is 0 Å². The van der Waals surface area contributed by atoms with Gasteiger partial charge in [0.1, 0.15) is 5.65 Å². The molecule has 1 aliphatic carbocycles. The molecule has 1 aromatic carbocycles. The van der Waals surface area contributed by atoms with Crippen LogP contribution < -0.4 is 0 Å². The van der Waals surface area contributed by atoms with Crippen molar-refractivity contribution in [3.8, 4) is 5.69 Å². The van der Waals surface area contributed by atoms with Crippen LogP contribution in [0.2, 0.25) is 0 Å². The quantitative estimate of drug-likeness (QED) is 0.505. The number of carbonyl (C=O) groups is 2. The fraction of sp³-hybridized carbons (Fsp3) is 0.444. The molecule has 2 heterocycles. The first-order chi connectivity index (χ1) is 15.8. The molecule has 3 aromatic rings. The lowest BCUT2D eigenvalue weighted by Crippen LogP contribution is -2.32. The third kappa shape index (κ3) is 5.10. The lowest BCUT2D eigenvalue weighted by molar-refractivity contribution is -0.136. The number of benzene rings is 1. The molecule has 0 unspecified atom stereocenters. The zero-order valence-electron chi connectivity index (χ0n) is 20.0. The molecule has 1 saturated carbocycles. The largest absolute Gasteiger partial charge is 0.481 e. The van der Waals surface area contributed by atoms with Crippen LogP contribution in [0.5, 0.6) is 0 Å². The Hall–Kier alpha value is -3.15. The van der Waals surface area contributed by atoms with Gasteiger partial charge in [-0.1, -0.05) is 26.0 Å². The summed E-state index contributed by atoms with van der Waals surface area (Å²) in [7, 11) is 0. The molecule has 2 aromatic heterocycles. The van der Waals surface area contributed by atoms with E-state index < -0.39 is 5.97 Å². The smallest absolute Gasteiger partial charge is 0.307 e. The van der Waals surface area contributed by atoms with Crippen molar-refractivity contribution in [2.75, 3.05) is 6.54 Å². The monoisotopic (exact) mass is 447 g/mol. The topological polar surface area (TPSA) is 75.4 Å². The number of rotatable bonds is 9. The molecular formula is C27H33N3O3. The maximum Gasteiger partial charge on any atom is 0.307 e. The minimum Gasteiger partial charge on any atom is -0.481 e. The highest BCUT2D eigenvalue weighted by Crippen LogP contribution is 2.33. The summed E-state index contributed by atoms with van der Waals surface area (Å²) >= 11 is 0. The van der Waals surface area contributed by atoms with Gasteiger partial charge in [-0.05, 0) is 73.9 Å². The van der Waals surface area contributed by atoms with Crippen LogP contribution in [0.1, 0.15) is 56.0 Å². The maximum absolute atomic E-state index is 12.9. The summed E-state index contributed by atoms with van der Waals surface area (Å²) in [6.45, 7) is 9.57. The minimum absolute atomic E-state index is 0.0593. The number of hydrogen-bond donors (Lipinski definition) is 1. The molecule has 174 valence electrons. The zero-order valence-corrected chi connectivity index (χ0v) is 20.0. The molecule has 0 aliphatic heterocycles. The van der Waals surface area contributed by atoms with Gasteiger partial charge < -0.3 is 14.6 Å². The first kappa shape index (κ1) is 23.0. The molecule has 6 heteroatoms. The number of aryl methyl sites for hydroxylation is 1. The molecule has 1 amide bonds. The third-order valence-corrected chi connectivity index (χ3v) is 6.24. The Morgan fingerprint density at radius 3 is 2.58 bits per heavy atom. The molecule has 33 heavy (non-hydrogen) atoms. The van der Waals surface area contributed by atoms with Crippen molar-refractivity contribution in [1.82, 2.24) is 14.5 Å². The van der Waals surface area contributed by atoms with Gasteiger partial charge in [0.05, 0.1) is 12.1 Å². The van der Waals surface area contributed by atoms with E-state index in [0.29, 0.717) is 19.0 Å². The molecule has 1 N–H and O–H groups in total. The SMILES string of the molecule is CCN(Cc1cc(CC(C)C)ccc1-n1cc(CC(=O)O)c2ccc(C)nc21)C(=O)C1CC1. The summed E-state index contributed by atoms with van der Waals surface area (Å²) in [4.78, 5) is 31.1. The summed E-state index contributed by atoms with van der Waals surface area (Å²) < 4.78 is 2.00. The third-order valence-electron chi connectivity index (χ3n) is 6.24. The standard InChI is InChI=1S/C27H33N3O3/c1-5-29(27(33)20-8-9-20)15-22-13-19(12-17(2)3)7-11-24(22)30-16-21(14-25(31)32)23-10-6-18(4)28-26(23)30/h6-7,10-11,13,16-17,20H,5,8-9,12,14-15H2,1-4H3,(H,31,32). The predicted molar refractivity (Wildman–Crippen MR) is 130 cm³/mol. The molecule has 1 aliphatic rings. The van der Waals surface area contributed by atoms with Crippen LogP contribution in [0, 0.1) is 18.8 Å². The Bertz CT molecular complexity index is 1190. The average molecular weight is 448 g/mol. The van der Waals surface area contributed by atoms with E-state index in [1.807, 2.05) is 41.6 Å². The molecule has 0 saturated heterocycles. The first-order valence-corrected chi connectivity index (χ1v) is 11.9. The van der Waals surface area contributed by atoms with Gasteiger partial charge in [0, 0.05) is 36.3 Å². The number of carboxylic acids is 1. The number of carboxylic acid groups (broad SMARTS) is 1. The highest BCUT2D eigenvalue weighted by Gasteiger charge is 2.33. The summed E-state index contributed by atoms with van der Waals surface area (Å²) in [6, 6.07) is 10.3. The molecule has 0 bridgehead atoms. The van der Waals surface area contributed by atoms with Gasteiger partial charge in [0.15, 0.2) is 0 Å². The Morgan fingerprint density at radius 2 is 1.94 bits per heavy atom. The van der Waals surface area contributed by atoms with E-state index >= 15 is 0 Å². The normalized spacial score (nSPS) is 13.6. The van der Waals surface area contributed by atoms with Crippen LogP contribution in [0.4, 0.5) is 0 Å². The first-order valence-electron chi connectivity index (χ1n) is 11.9. The van der Waals surface area contributed by atoms with E-state index in [4.69, 9.17) is 4.98 Å². The van der Waals surface area contributed by atoms with E-state index in [9.17, 15) is 14.7 Å². The Balaban J connectivity index is 1.84. The number of aromatic nitrogens is 2. The number of nitrogens with zero attached hydrogens (tertiary/aromatic N) is 3. The van der Waals surface area contributed by atoms with Crippen LogP contribution >= 0.6 is 0 Å². The highest BCUT2D eigenvalue weighted by molar-refractivity contribution is 5.87. The molecule has 0 radical (unpaired) electrons. The van der Waals surface area contributed by atoms with E-state index in [0.717, 1.165) is 52.8 Å². The summed E-state index contributed by atoms with van der Waals surface area (Å²) in [6.07, 6.45) is 4.77. The van der Waals surface area contributed by atoms with Gasteiger partial charge in [-0.2, -0.15) is 0 Å². The second-order valence-electron chi connectivity index (χ2n) is 9.61. The number of carbonyl (C=O) groups excluding carboxylic acids is 1. The van der Waals surface area contributed by atoms with Gasteiger partial charge in [-0.15, -0.1) is 0 Å². The van der Waals surface area contributed by atoms with Crippen molar-refractivity contribution in [3.63, 3.8) is 0 Å². The van der Waals surface area contributed by atoms with Crippen molar-refractivity contribution >= 4 is 22.9 Å². The van der Waals surface area contributed by atoms with Crippen molar-refractivity contribution in [3.05, 3.63) is 58.9 Å². The predicted octanol–water partition coefficient (Wildman–Crippen LogP) is 4.92. The molecule has 1 fully saturated rings. The van der Waals surface area contributed by atoms with Gasteiger partial charge >= 0.3 is 5.97 Å². The second kappa shape index (κ2) is 9.38. The van der Waals surface area contributed by atoms with E-state index in [1.165, 1.54) is 5.56 Å². The summed E-state index contributed by atoms with van der Waals surface area (Å²) in [5, 5.41) is 10.3. The number of pyridine rings is 1. The fourth-order valence-corrected chi connectivity index (χ4v) is 4.49. The molecule has 6 nitrogen and oxygen atoms in total. The highest BCUT2D eigenvalue weighted by atomic mass is 16.4. The number of hydrogen-bond acceptors (Lipinski definition) is 3. The van der Waals surface area contributed by atoms with Crippen molar-refractivity contribution in [2.45, 2.75) is 59.9 Å². The van der Waals surface area contributed by atoms with Gasteiger partial charge in [-0.3, -0.25) is 9.59 Å². The number of fused-ring (bicyclic) bond motifs is 1. The van der Waals surface area contributed by atoms with Crippen LogP contribution in [0.3, 0.4) is 0 Å². The molecule has 0 spiro atoms. The maximum atomic E-state index is 12.9. The second-order valence-corrected chi connectivity index (χ2v) is 9.61. The van der Waals surface area contributed by atoms with E-state index in [2.05, 4.69) is 32.0 Å². The Kier molecular flexibility index (Phi) is 6.54. The zero-order chi connectivity index (χ0) is 23.7. The minimum atomic E-state index is -0.866. The Labute approximate surface area is 195 Å². The van der Waals surface area contributed by atoms with Crippen LogP contribution in [0.25, 0.3) is 16.7 Å². The van der Waals surface area contributed by atoms with Crippen LogP contribution in [-0.4, -0.2) is 38.0 Å². The van der Waals surface area contributed by atoms with Crippen LogP contribution in [0.15, 0.2) is 36.5 Å². The average Bonchev–Trinajstić information content (AvgIpc) is 3.55. The van der Waals surface area contributed by atoms with Crippen LogP contribution in [-0.2, 0) is 29.0 Å². The van der Waals surface area contributed by atoms with E-state index in [-0.39, 0.29) is 18.2 Å². The molecule has 0 atom stereocenters. The van der Waals surface area contributed by atoms with Crippen molar-refractivity contribution in [2.24, 2.45) is 11.8 Å². The lowest BCUT2D eigenvalue weighted by atomic mass is 9.99. The van der Waals surface area contributed by atoms with Crippen molar-refractivity contribution < 1.29 is 14.7 Å². The number of aliphatic carboxylic acids is 1. The van der Waals surface area contributed by atoms with Gasteiger partial charge in [0.25, 0.3) is 0 Å². The van der Waals surface area contributed by atoms with Gasteiger partial charge in [-0.25, -0.2) is 4.98 Å². The summed E-state index contributed by atoms with van der Waals surface area (Å²) in [5.74, 6) is 0.0639. The lowest BCUT2D eigenvalue weighted by Gasteiger charge is -2.24. The van der Waals surface area contributed by atoms with E-state index in [1.54, 1.807) is 0 Å². The number of amides is 1. The molecular weight excluding hydrogens is 414 g/mol. The summed E-state index contributed by atoms with van der Waals surface area (Å²) in [5.41, 5.74) is 5.62. The van der Waals surface area contributed by atoms with Gasteiger partial charge in [0.2, 0.25) is 5.91 Å².